The SMILES string of the molecule is C=C(C)C(=O)OCC(CSCCSCCSC(=O)C(=C)C)SCCSCCSC(=O)C(=C)C. The molecule has 0 fully saturated rings. The van der Waals surface area contributed by atoms with Crippen LogP contribution in [0.4, 0.5) is 0 Å². The number of ether oxygens (including phenoxy) is 1. The number of thioether (sulfide) groups is 6. The zero-order chi connectivity index (χ0) is 25.1. The van der Waals surface area contributed by atoms with E-state index in [9.17, 15) is 14.4 Å². The van der Waals surface area contributed by atoms with Crippen LogP contribution in [-0.2, 0) is 19.1 Å². The summed E-state index contributed by atoms with van der Waals surface area (Å²) in [6, 6.07) is 0. The molecular formula is C23H36O4S6. The van der Waals surface area contributed by atoms with Crippen molar-refractivity contribution in [3.8, 4) is 0 Å². The smallest absolute Gasteiger partial charge is 0.333 e. The van der Waals surface area contributed by atoms with Crippen LogP contribution in [-0.4, -0.2) is 79.8 Å². The van der Waals surface area contributed by atoms with Gasteiger partial charge in [-0.3, -0.25) is 9.59 Å². The number of hydrogen-bond acceptors (Lipinski definition) is 10. The number of hydrogen-bond donors (Lipinski definition) is 0. The highest BCUT2D eigenvalue weighted by Crippen LogP contribution is 2.21. The number of carbonyl (C=O) groups is 3. The van der Waals surface area contributed by atoms with Crippen molar-refractivity contribution in [3.05, 3.63) is 36.5 Å². The highest BCUT2D eigenvalue weighted by molar-refractivity contribution is 8.15. The fourth-order valence-corrected chi connectivity index (χ4v) is 8.26. The number of esters is 1. The fraction of sp³-hybridized carbons (Fsp3) is 0.609. The minimum absolute atomic E-state index is 0.0682. The molecule has 0 heterocycles. The van der Waals surface area contributed by atoms with E-state index in [1.165, 1.54) is 23.5 Å². The van der Waals surface area contributed by atoms with Gasteiger partial charge in [0.2, 0.25) is 10.2 Å². The summed E-state index contributed by atoms with van der Waals surface area (Å²) >= 11 is 10.0. The van der Waals surface area contributed by atoms with Gasteiger partial charge in [0.1, 0.15) is 6.61 Å². The molecule has 1 atom stereocenters. The lowest BCUT2D eigenvalue weighted by molar-refractivity contribution is -0.138. The van der Waals surface area contributed by atoms with Crippen LogP contribution in [0.3, 0.4) is 0 Å². The van der Waals surface area contributed by atoms with Crippen molar-refractivity contribution in [2.24, 2.45) is 0 Å². The van der Waals surface area contributed by atoms with Crippen LogP contribution in [0, 0.1) is 0 Å². The lowest BCUT2D eigenvalue weighted by Crippen LogP contribution is -2.20. The Balaban J connectivity index is 4.06. The molecule has 0 amide bonds. The van der Waals surface area contributed by atoms with E-state index in [2.05, 4.69) is 19.7 Å². The molecule has 0 N–H and O–H groups in total. The van der Waals surface area contributed by atoms with Gasteiger partial charge in [-0.05, 0) is 31.9 Å². The Morgan fingerprint density at radius 2 is 1.12 bits per heavy atom. The lowest BCUT2D eigenvalue weighted by atomic mass is 10.4. The predicted octanol–water partition coefficient (Wildman–Crippen LogP) is 6.08. The Morgan fingerprint density at radius 1 is 0.667 bits per heavy atom. The van der Waals surface area contributed by atoms with E-state index in [-0.39, 0.29) is 21.4 Å². The first-order chi connectivity index (χ1) is 15.6. The summed E-state index contributed by atoms with van der Waals surface area (Å²) < 4.78 is 5.39. The normalized spacial score (nSPS) is 11.6. The van der Waals surface area contributed by atoms with Crippen molar-refractivity contribution in [2.75, 3.05) is 58.4 Å². The maximum Gasteiger partial charge on any atom is 0.333 e. The van der Waals surface area contributed by atoms with Crippen LogP contribution < -0.4 is 0 Å². The van der Waals surface area contributed by atoms with Crippen LogP contribution in [0.5, 0.6) is 0 Å². The van der Waals surface area contributed by atoms with Crippen LogP contribution in [0.15, 0.2) is 36.5 Å². The minimum Gasteiger partial charge on any atom is -0.461 e. The molecule has 0 spiro atoms. The molecule has 4 nitrogen and oxygen atoms in total. The van der Waals surface area contributed by atoms with Crippen LogP contribution >= 0.6 is 70.6 Å². The van der Waals surface area contributed by atoms with Crippen LogP contribution in [0.25, 0.3) is 0 Å². The Morgan fingerprint density at radius 3 is 1.61 bits per heavy atom. The van der Waals surface area contributed by atoms with E-state index in [1.807, 2.05) is 47.0 Å². The molecule has 0 saturated carbocycles. The van der Waals surface area contributed by atoms with Gasteiger partial charge < -0.3 is 4.74 Å². The maximum atomic E-state index is 11.8. The summed E-state index contributed by atoms with van der Waals surface area (Å²) in [5.74, 6) is 8.11. The largest absolute Gasteiger partial charge is 0.461 e. The first-order valence-corrected chi connectivity index (χ1v) is 17.0. The molecule has 10 heteroatoms. The summed E-state index contributed by atoms with van der Waals surface area (Å²) in [5, 5.41) is 0.386. The highest BCUT2D eigenvalue weighted by Gasteiger charge is 2.13. The summed E-state index contributed by atoms with van der Waals surface area (Å²) in [7, 11) is 0. The van der Waals surface area contributed by atoms with Crippen LogP contribution in [0.1, 0.15) is 20.8 Å². The molecule has 0 aromatic heterocycles. The Kier molecular flexibility index (Phi) is 21.5. The molecule has 33 heavy (non-hydrogen) atoms. The van der Waals surface area contributed by atoms with Gasteiger partial charge in [-0.25, -0.2) is 4.79 Å². The zero-order valence-corrected chi connectivity index (χ0v) is 24.8. The average molecular weight is 569 g/mol. The topological polar surface area (TPSA) is 60.4 Å². The third kappa shape index (κ3) is 20.1. The van der Waals surface area contributed by atoms with Crippen molar-refractivity contribution in [1.82, 2.24) is 0 Å². The molecule has 0 saturated heterocycles. The summed E-state index contributed by atoms with van der Waals surface area (Å²) in [6.45, 7) is 16.5. The van der Waals surface area contributed by atoms with Crippen LogP contribution in [0.2, 0.25) is 0 Å². The molecule has 0 radical (unpaired) electrons. The molecule has 0 aliphatic heterocycles. The molecule has 0 bridgehead atoms. The van der Waals surface area contributed by atoms with E-state index in [0.717, 1.165) is 51.8 Å². The van der Waals surface area contributed by atoms with Crippen molar-refractivity contribution in [1.29, 1.82) is 0 Å². The van der Waals surface area contributed by atoms with Gasteiger partial charge in [-0.2, -0.15) is 47.0 Å². The highest BCUT2D eigenvalue weighted by atomic mass is 32.2. The third-order valence-corrected chi connectivity index (χ3v) is 11.2. The van der Waals surface area contributed by atoms with Gasteiger partial charge in [0.25, 0.3) is 0 Å². The van der Waals surface area contributed by atoms with Gasteiger partial charge in [0.05, 0.1) is 0 Å². The van der Waals surface area contributed by atoms with E-state index in [1.54, 1.807) is 20.8 Å². The summed E-state index contributed by atoms with van der Waals surface area (Å²) in [6.07, 6.45) is 0. The second kappa shape index (κ2) is 21.4. The van der Waals surface area contributed by atoms with Gasteiger partial charge in [-0.1, -0.05) is 43.3 Å². The van der Waals surface area contributed by atoms with E-state index in [0.29, 0.717) is 23.3 Å². The first kappa shape index (κ1) is 33.1. The van der Waals surface area contributed by atoms with Crippen molar-refractivity contribution >= 4 is 86.8 Å². The molecular weight excluding hydrogens is 533 g/mol. The van der Waals surface area contributed by atoms with Gasteiger partial charge in [0.15, 0.2) is 0 Å². The molecule has 0 aromatic rings. The summed E-state index contributed by atoms with van der Waals surface area (Å²) in [4.78, 5) is 34.8. The average Bonchev–Trinajstić information content (AvgIpc) is 2.76. The molecule has 0 aliphatic rings. The fourth-order valence-electron chi connectivity index (χ4n) is 1.88. The molecule has 0 rings (SSSR count). The quantitative estimate of drug-likeness (QED) is 0.0981. The Bertz CT molecular complexity index is 665. The van der Waals surface area contributed by atoms with E-state index >= 15 is 0 Å². The number of carbonyl (C=O) groups excluding carboxylic acids is 3. The number of rotatable bonds is 20. The van der Waals surface area contributed by atoms with Gasteiger partial charge >= 0.3 is 5.97 Å². The standard InChI is InChI=1S/C23H36O4S6/c1-17(2)21(24)27-15-20(31-12-9-29-11-14-33-23(26)19(5)6)16-30-8-7-28-10-13-32-22(25)18(3)4/h20H,1,3,5,7-16H2,2,4,6H3. The molecule has 0 aromatic carbocycles. The van der Waals surface area contributed by atoms with E-state index in [4.69, 9.17) is 4.74 Å². The van der Waals surface area contributed by atoms with Crippen molar-refractivity contribution in [2.45, 2.75) is 26.0 Å². The molecule has 188 valence electrons. The first-order valence-electron chi connectivity index (χ1n) is 10.5. The second-order valence-corrected chi connectivity index (χ2v) is 14.1. The third-order valence-electron chi connectivity index (χ3n) is 3.62. The second-order valence-electron chi connectivity index (χ2n) is 7.00. The summed E-state index contributed by atoms with van der Waals surface area (Å²) in [5.41, 5.74) is 1.62. The predicted molar refractivity (Wildman–Crippen MR) is 159 cm³/mol. The Labute approximate surface area is 225 Å². The monoisotopic (exact) mass is 568 g/mol. The minimum atomic E-state index is -0.337. The zero-order valence-electron chi connectivity index (χ0n) is 19.9. The van der Waals surface area contributed by atoms with Crippen molar-refractivity contribution in [3.63, 3.8) is 0 Å². The lowest BCUT2D eigenvalue weighted by Gasteiger charge is -2.16. The molecule has 0 aliphatic carbocycles. The van der Waals surface area contributed by atoms with Gasteiger partial charge in [-0.15, -0.1) is 0 Å². The van der Waals surface area contributed by atoms with Crippen molar-refractivity contribution < 1.29 is 19.1 Å². The molecule has 1 unspecified atom stereocenters. The maximum absolute atomic E-state index is 11.8. The Hall–Kier alpha value is 0.130. The van der Waals surface area contributed by atoms with Gasteiger partial charge in [0, 0.05) is 62.6 Å². The van der Waals surface area contributed by atoms with E-state index < -0.39 is 0 Å².